The first-order chi connectivity index (χ1) is 6.36. The van der Waals surface area contributed by atoms with E-state index in [0.29, 0.717) is 11.5 Å². The number of nitrogens with one attached hydrogen (secondary N) is 1. The molecule has 1 heterocycles. The second-order valence-corrected chi connectivity index (χ2v) is 2.19. The van der Waals surface area contributed by atoms with Gasteiger partial charge in [-0.05, 0) is 18.1 Å². The van der Waals surface area contributed by atoms with Crippen LogP contribution in [0, 0.1) is 23.2 Å². The Hall–Kier alpha value is -2.04. The van der Waals surface area contributed by atoms with Gasteiger partial charge < -0.3 is 5.43 Å². The van der Waals surface area contributed by atoms with Crippen molar-refractivity contribution < 1.29 is 0 Å². The second-order valence-electron chi connectivity index (χ2n) is 2.19. The minimum Gasteiger partial charge on any atom is -0.308 e. The number of hydrazine groups is 1. The van der Waals surface area contributed by atoms with Crippen molar-refractivity contribution in [1.29, 1.82) is 5.26 Å². The molecule has 1 rings (SSSR count). The van der Waals surface area contributed by atoms with Crippen molar-refractivity contribution in [3.63, 3.8) is 0 Å². The van der Waals surface area contributed by atoms with Crippen molar-refractivity contribution in [1.82, 2.24) is 4.98 Å². The first-order valence-corrected chi connectivity index (χ1v) is 3.66. The van der Waals surface area contributed by atoms with Gasteiger partial charge in [-0.2, -0.15) is 5.26 Å². The molecule has 0 atom stereocenters. The highest BCUT2D eigenvalue weighted by Crippen LogP contribution is 2.01. The highest BCUT2D eigenvalue weighted by molar-refractivity contribution is 5.39. The summed E-state index contributed by atoms with van der Waals surface area (Å²) in [5, 5.41) is 8.24. The summed E-state index contributed by atoms with van der Waals surface area (Å²) in [5.74, 6) is 11.1. The van der Waals surface area contributed by atoms with Crippen molar-refractivity contribution >= 4 is 5.82 Å². The molecular formula is C9H8N4. The molecule has 4 heteroatoms. The molecule has 0 radical (unpaired) electrons. The van der Waals surface area contributed by atoms with Gasteiger partial charge in [-0.25, -0.2) is 10.8 Å². The summed E-state index contributed by atoms with van der Waals surface area (Å²) in [6, 6.07) is 7.20. The van der Waals surface area contributed by atoms with Crippen LogP contribution in [0.25, 0.3) is 0 Å². The second kappa shape index (κ2) is 4.76. The number of hydrogen-bond acceptors (Lipinski definition) is 4. The van der Waals surface area contributed by atoms with Crippen LogP contribution in [-0.4, -0.2) is 4.98 Å². The number of hydrogen-bond donors (Lipinski definition) is 2. The zero-order valence-corrected chi connectivity index (χ0v) is 6.91. The standard InChI is InChI=1S/C9H8N4/c10-7-2-1-4-8-5-3-6-9(12-8)13-11/h3,5-6H,2,11H2,(H,12,13). The topological polar surface area (TPSA) is 74.7 Å². The molecular weight excluding hydrogens is 164 g/mol. The SMILES string of the molecule is N#CCC#Cc1cccc(NN)n1. The molecule has 0 spiro atoms. The lowest BCUT2D eigenvalue weighted by Crippen LogP contribution is -2.08. The lowest BCUT2D eigenvalue weighted by Gasteiger charge is -1.96. The van der Waals surface area contributed by atoms with Gasteiger partial charge in [0.15, 0.2) is 0 Å². The fraction of sp³-hybridized carbons (Fsp3) is 0.111. The molecule has 1 aromatic rings. The van der Waals surface area contributed by atoms with Gasteiger partial charge in [-0.15, -0.1) is 0 Å². The molecule has 0 unspecified atom stereocenters. The van der Waals surface area contributed by atoms with Crippen LogP contribution >= 0.6 is 0 Å². The average molecular weight is 172 g/mol. The number of nitrogens with two attached hydrogens (primary N) is 1. The summed E-state index contributed by atoms with van der Waals surface area (Å²) in [6.45, 7) is 0. The van der Waals surface area contributed by atoms with Gasteiger partial charge in [0.2, 0.25) is 0 Å². The van der Waals surface area contributed by atoms with Crippen LogP contribution in [0.5, 0.6) is 0 Å². The maximum absolute atomic E-state index is 8.24. The summed E-state index contributed by atoms with van der Waals surface area (Å²) in [7, 11) is 0. The van der Waals surface area contributed by atoms with Gasteiger partial charge in [0.05, 0.1) is 12.5 Å². The quantitative estimate of drug-likeness (QED) is 0.370. The van der Waals surface area contributed by atoms with Gasteiger partial charge in [0, 0.05) is 0 Å². The van der Waals surface area contributed by atoms with E-state index in [-0.39, 0.29) is 6.42 Å². The minimum absolute atomic E-state index is 0.210. The van der Waals surface area contributed by atoms with Gasteiger partial charge in [0.1, 0.15) is 11.5 Å². The van der Waals surface area contributed by atoms with Crippen molar-refractivity contribution in [3.05, 3.63) is 23.9 Å². The molecule has 4 nitrogen and oxygen atoms in total. The monoisotopic (exact) mass is 172 g/mol. The number of nitriles is 1. The molecule has 0 bridgehead atoms. The first-order valence-electron chi connectivity index (χ1n) is 3.66. The van der Waals surface area contributed by atoms with Crippen molar-refractivity contribution in [2.45, 2.75) is 6.42 Å². The van der Waals surface area contributed by atoms with E-state index in [1.807, 2.05) is 6.07 Å². The van der Waals surface area contributed by atoms with Crippen LogP contribution in [0.3, 0.4) is 0 Å². The molecule has 1 aromatic heterocycles. The Morgan fingerprint density at radius 1 is 1.54 bits per heavy atom. The molecule has 0 aliphatic rings. The number of nitrogens with zero attached hydrogens (tertiary/aromatic N) is 2. The van der Waals surface area contributed by atoms with Crippen LogP contribution < -0.4 is 11.3 Å². The van der Waals surface area contributed by atoms with E-state index in [9.17, 15) is 0 Å². The third-order valence-electron chi connectivity index (χ3n) is 1.28. The number of aromatic nitrogens is 1. The summed E-state index contributed by atoms with van der Waals surface area (Å²) in [6.07, 6.45) is 0.210. The Morgan fingerprint density at radius 3 is 3.08 bits per heavy atom. The van der Waals surface area contributed by atoms with E-state index in [2.05, 4.69) is 22.3 Å². The van der Waals surface area contributed by atoms with E-state index in [4.69, 9.17) is 11.1 Å². The fourth-order valence-electron chi connectivity index (χ4n) is 0.759. The average Bonchev–Trinajstić information content (AvgIpc) is 2.19. The van der Waals surface area contributed by atoms with Crippen LogP contribution in [0.4, 0.5) is 5.82 Å². The molecule has 0 saturated heterocycles. The summed E-state index contributed by atoms with van der Waals surface area (Å²) in [4.78, 5) is 4.04. The van der Waals surface area contributed by atoms with E-state index >= 15 is 0 Å². The Bertz CT molecular complexity index is 381. The molecule has 64 valence electrons. The molecule has 13 heavy (non-hydrogen) atoms. The molecule has 0 fully saturated rings. The van der Waals surface area contributed by atoms with Crippen LogP contribution in [0.15, 0.2) is 18.2 Å². The third kappa shape index (κ3) is 2.82. The van der Waals surface area contributed by atoms with Crippen LogP contribution in [-0.2, 0) is 0 Å². The molecule has 0 aliphatic carbocycles. The highest BCUT2D eigenvalue weighted by Gasteiger charge is 1.90. The number of nitrogen functional groups attached to an aromatic ring is 1. The van der Waals surface area contributed by atoms with Crippen molar-refractivity contribution in [2.75, 3.05) is 5.43 Å². The predicted octanol–water partition coefficient (Wildman–Crippen LogP) is 0.632. The molecule has 0 aromatic carbocycles. The number of rotatable bonds is 1. The van der Waals surface area contributed by atoms with Crippen LogP contribution in [0.1, 0.15) is 12.1 Å². The number of pyridine rings is 1. The molecule has 0 saturated carbocycles. The fourth-order valence-corrected chi connectivity index (χ4v) is 0.759. The summed E-state index contributed by atoms with van der Waals surface area (Å²) < 4.78 is 0. The van der Waals surface area contributed by atoms with Crippen LogP contribution in [0.2, 0.25) is 0 Å². The normalized spacial score (nSPS) is 8.00. The lowest BCUT2D eigenvalue weighted by molar-refractivity contribution is 1.21. The Balaban J connectivity index is 2.80. The maximum atomic E-state index is 8.24. The molecule has 3 N–H and O–H groups in total. The van der Waals surface area contributed by atoms with E-state index in [1.165, 1.54) is 0 Å². The van der Waals surface area contributed by atoms with Gasteiger partial charge in [0.25, 0.3) is 0 Å². The van der Waals surface area contributed by atoms with Gasteiger partial charge in [-0.3, -0.25) is 0 Å². The predicted molar refractivity (Wildman–Crippen MR) is 49.2 cm³/mol. The Labute approximate surface area is 76.4 Å². The first kappa shape index (κ1) is 9.05. The Morgan fingerprint density at radius 2 is 2.38 bits per heavy atom. The van der Waals surface area contributed by atoms with E-state index in [0.717, 1.165) is 0 Å². The largest absolute Gasteiger partial charge is 0.308 e. The lowest BCUT2D eigenvalue weighted by atomic mass is 10.3. The minimum atomic E-state index is 0.210. The van der Waals surface area contributed by atoms with Crippen molar-refractivity contribution in [3.8, 4) is 17.9 Å². The maximum Gasteiger partial charge on any atom is 0.141 e. The number of anilines is 1. The zero-order chi connectivity index (χ0) is 9.52. The third-order valence-corrected chi connectivity index (χ3v) is 1.28. The van der Waals surface area contributed by atoms with E-state index in [1.54, 1.807) is 18.2 Å². The molecule has 0 amide bonds. The van der Waals surface area contributed by atoms with E-state index < -0.39 is 0 Å². The van der Waals surface area contributed by atoms with Crippen molar-refractivity contribution in [2.24, 2.45) is 5.84 Å². The summed E-state index contributed by atoms with van der Waals surface area (Å²) >= 11 is 0. The molecule has 0 aliphatic heterocycles. The zero-order valence-electron chi connectivity index (χ0n) is 6.91. The Kier molecular flexibility index (Phi) is 3.31. The summed E-state index contributed by atoms with van der Waals surface area (Å²) in [5.41, 5.74) is 3.02. The smallest absolute Gasteiger partial charge is 0.141 e. The highest BCUT2D eigenvalue weighted by atomic mass is 15.2. The van der Waals surface area contributed by atoms with Gasteiger partial charge in [-0.1, -0.05) is 12.0 Å². The van der Waals surface area contributed by atoms with Gasteiger partial charge >= 0.3 is 0 Å².